The number of rotatable bonds is 49. The number of unbranched alkanes of at least 4 members (excludes halogenated alkanes) is 14. The second-order valence-corrected chi connectivity index (χ2v) is 18.1. The maximum atomic E-state index is 12.8. The van der Waals surface area contributed by atoms with E-state index >= 15 is 0 Å². The summed E-state index contributed by atoms with van der Waals surface area (Å²) in [6, 6.07) is 0. The predicted molar refractivity (Wildman–Crippen MR) is 306 cm³/mol. The third-order valence-electron chi connectivity index (χ3n) is 11.4. The van der Waals surface area contributed by atoms with Crippen molar-refractivity contribution in [1.29, 1.82) is 0 Å². The molecule has 1 atom stereocenters. The first-order chi connectivity index (χ1) is 35.0. The Balaban J connectivity index is 4.59. The molecule has 1 unspecified atom stereocenters. The highest BCUT2D eigenvalue weighted by atomic mass is 16.6. The maximum Gasteiger partial charge on any atom is 0.306 e. The van der Waals surface area contributed by atoms with Crippen molar-refractivity contribution in [2.45, 2.75) is 232 Å². The van der Waals surface area contributed by atoms with Gasteiger partial charge in [-0.15, -0.1) is 0 Å². The molecule has 0 amide bonds. The van der Waals surface area contributed by atoms with Crippen LogP contribution in [0.1, 0.15) is 226 Å². The lowest BCUT2D eigenvalue weighted by molar-refractivity contribution is -0.166. The van der Waals surface area contributed by atoms with Crippen LogP contribution in [0.4, 0.5) is 0 Å². The Morgan fingerprint density at radius 1 is 0.296 bits per heavy atom. The van der Waals surface area contributed by atoms with Gasteiger partial charge < -0.3 is 14.2 Å². The highest BCUT2D eigenvalue weighted by molar-refractivity contribution is 5.71. The van der Waals surface area contributed by atoms with E-state index in [-0.39, 0.29) is 38.0 Å². The zero-order valence-electron chi connectivity index (χ0n) is 45.4. The Bertz CT molecular complexity index is 1590. The highest BCUT2D eigenvalue weighted by Gasteiger charge is 2.19. The molecule has 0 saturated heterocycles. The van der Waals surface area contributed by atoms with Crippen LogP contribution in [0, 0.1) is 0 Å². The number of hydrogen-bond acceptors (Lipinski definition) is 6. The van der Waals surface area contributed by atoms with Crippen LogP contribution in [-0.2, 0) is 28.6 Å². The van der Waals surface area contributed by atoms with Crippen molar-refractivity contribution in [1.82, 2.24) is 0 Å². The molecule has 0 aromatic rings. The molecule has 0 heterocycles. The molecular formula is C65H102O6. The first-order valence-corrected chi connectivity index (χ1v) is 28.3. The van der Waals surface area contributed by atoms with E-state index in [1.54, 1.807) is 0 Å². The maximum absolute atomic E-state index is 12.8. The zero-order valence-corrected chi connectivity index (χ0v) is 45.4. The van der Waals surface area contributed by atoms with Crippen LogP contribution in [-0.4, -0.2) is 37.2 Å². The summed E-state index contributed by atoms with van der Waals surface area (Å²) in [5.41, 5.74) is 0. The summed E-state index contributed by atoms with van der Waals surface area (Å²) < 4.78 is 16.7. The van der Waals surface area contributed by atoms with Crippen LogP contribution in [0.3, 0.4) is 0 Å². The van der Waals surface area contributed by atoms with E-state index in [9.17, 15) is 14.4 Å². The fourth-order valence-corrected chi connectivity index (χ4v) is 7.18. The average Bonchev–Trinajstić information content (AvgIpc) is 3.37. The van der Waals surface area contributed by atoms with Gasteiger partial charge in [0.1, 0.15) is 13.2 Å². The van der Waals surface area contributed by atoms with Crippen LogP contribution in [0.15, 0.2) is 146 Å². The molecule has 0 aromatic carbocycles. The van der Waals surface area contributed by atoms with Gasteiger partial charge in [-0.1, -0.05) is 244 Å². The summed E-state index contributed by atoms with van der Waals surface area (Å²) >= 11 is 0. The smallest absolute Gasteiger partial charge is 0.306 e. The largest absolute Gasteiger partial charge is 0.462 e. The van der Waals surface area contributed by atoms with Crippen LogP contribution in [0.5, 0.6) is 0 Å². The first-order valence-electron chi connectivity index (χ1n) is 28.3. The van der Waals surface area contributed by atoms with Gasteiger partial charge in [-0.05, 0) is 109 Å². The zero-order chi connectivity index (χ0) is 51.4. The normalized spacial score (nSPS) is 13.2. The van der Waals surface area contributed by atoms with Gasteiger partial charge in [0.15, 0.2) is 6.10 Å². The van der Waals surface area contributed by atoms with Gasteiger partial charge >= 0.3 is 17.9 Å². The standard InChI is InChI=1S/C65H102O6/c1-4-7-10-13-16-19-22-25-27-29-31-32-34-35-37-40-43-46-49-52-55-58-64(67)70-61-62(60-69-63(66)57-54-51-48-45-42-39-24-21-18-15-12-9-6-3)71-65(68)59-56-53-50-47-44-41-38-36-33-30-28-26-23-20-17-14-11-8-5-2/h7-8,10-11,16-17,19-20,25-28,31-33,35-37,41,43-44,46,50,53,62H,4-6,9,12-15,18,21-24,29-30,34,38-40,42,45,47-49,51-52,54-61H2,1-3H3/b10-7-,11-8-,19-16-,20-17-,27-25-,28-26-,32-31-,36-33-,37-35-,44-41-,46-43-,53-50-. The minimum absolute atomic E-state index is 0.126. The summed E-state index contributed by atoms with van der Waals surface area (Å²) in [6.45, 7) is 6.30. The van der Waals surface area contributed by atoms with E-state index < -0.39 is 12.1 Å². The van der Waals surface area contributed by atoms with Gasteiger partial charge in [0.25, 0.3) is 0 Å². The quantitative estimate of drug-likeness (QED) is 0.0262. The van der Waals surface area contributed by atoms with Crippen molar-refractivity contribution < 1.29 is 28.6 Å². The Morgan fingerprint density at radius 3 is 0.915 bits per heavy atom. The third-order valence-corrected chi connectivity index (χ3v) is 11.4. The fourth-order valence-electron chi connectivity index (χ4n) is 7.18. The van der Waals surface area contributed by atoms with Gasteiger partial charge in [-0.25, -0.2) is 0 Å². The molecule has 0 aliphatic rings. The molecule has 0 rings (SSSR count). The molecular weight excluding hydrogens is 877 g/mol. The number of hydrogen-bond donors (Lipinski definition) is 0. The summed E-state index contributed by atoms with van der Waals surface area (Å²) in [5, 5.41) is 0. The van der Waals surface area contributed by atoms with E-state index in [1.807, 2.05) is 12.2 Å². The highest BCUT2D eigenvalue weighted by Crippen LogP contribution is 2.14. The van der Waals surface area contributed by atoms with Gasteiger partial charge in [0.2, 0.25) is 0 Å². The van der Waals surface area contributed by atoms with Gasteiger partial charge in [0.05, 0.1) is 0 Å². The van der Waals surface area contributed by atoms with Gasteiger partial charge in [-0.3, -0.25) is 14.4 Å². The van der Waals surface area contributed by atoms with E-state index in [2.05, 4.69) is 154 Å². The molecule has 0 fully saturated rings. The third kappa shape index (κ3) is 56.1. The lowest BCUT2D eigenvalue weighted by Gasteiger charge is -2.18. The number of ether oxygens (including phenoxy) is 3. The minimum Gasteiger partial charge on any atom is -0.462 e. The summed E-state index contributed by atoms with van der Waals surface area (Å²) in [6.07, 6.45) is 82.8. The molecule has 0 saturated carbocycles. The van der Waals surface area contributed by atoms with Crippen molar-refractivity contribution in [2.75, 3.05) is 13.2 Å². The molecule has 0 bridgehead atoms. The molecule has 6 nitrogen and oxygen atoms in total. The monoisotopic (exact) mass is 979 g/mol. The van der Waals surface area contributed by atoms with E-state index in [4.69, 9.17) is 14.2 Å². The number of carbonyl (C=O) groups is 3. The van der Waals surface area contributed by atoms with Crippen LogP contribution in [0.2, 0.25) is 0 Å². The van der Waals surface area contributed by atoms with E-state index in [1.165, 1.54) is 64.2 Å². The number of carbonyl (C=O) groups excluding carboxylic acids is 3. The van der Waals surface area contributed by atoms with Crippen LogP contribution >= 0.6 is 0 Å². The Labute approximate surface area is 436 Å². The van der Waals surface area contributed by atoms with Crippen LogP contribution in [0.25, 0.3) is 0 Å². The molecule has 0 N–H and O–H groups in total. The van der Waals surface area contributed by atoms with Gasteiger partial charge in [-0.2, -0.15) is 0 Å². The number of allylic oxidation sites excluding steroid dienone is 24. The predicted octanol–water partition coefficient (Wildman–Crippen LogP) is 19.2. The summed E-state index contributed by atoms with van der Waals surface area (Å²) in [4.78, 5) is 38.1. The molecule has 0 radical (unpaired) electrons. The van der Waals surface area contributed by atoms with Crippen molar-refractivity contribution in [3.8, 4) is 0 Å². The van der Waals surface area contributed by atoms with Crippen molar-refractivity contribution >= 4 is 17.9 Å². The van der Waals surface area contributed by atoms with Crippen LogP contribution < -0.4 is 0 Å². The SMILES string of the molecule is CC/C=C\C/C=C\C/C=C\C/C=C\C/C=C\C/C=C\CCCCC(=O)OCC(COC(=O)CCCCCCCCCCCCCCC)OC(=O)CC/C=C\C/C=C\C/C=C\C/C=C\C/C=C\C/C=C\CC. The first kappa shape index (κ1) is 66.3. The second kappa shape index (κ2) is 57.9. The Hall–Kier alpha value is -4.71. The average molecular weight is 980 g/mol. The molecule has 0 aliphatic heterocycles. The minimum atomic E-state index is -0.841. The number of esters is 3. The van der Waals surface area contributed by atoms with Crippen molar-refractivity contribution in [2.24, 2.45) is 0 Å². The molecule has 0 spiro atoms. The molecule has 6 heteroatoms. The fraction of sp³-hybridized carbons (Fsp3) is 0.585. The molecule has 0 aromatic heterocycles. The lowest BCUT2D eigenvalue weighted by Crippen LogP contribution is -2.30. The topological polar surface area (TPSA) is 78.9 Å². The van der Waals surface area contributed by atoms with Gasteiger partial charge in [0, 0.05) is 19.3 Å². The van der Waals surface area contributed by atoms with Crippen molar-refractivity contribution in [3.05, 3.63) is 146 Å². The summed E-state index contributed by atoms with van der Waals surface area (Å²) in [7, 11) is 0. The van der Waals surface area contributed by atoms with E-state index in [0.29, 0.717) is 19.3 Å². The Kier molecular flexibility index (Phi) is 54.0. The molecule has 71 heavy (non-hydrogen) atoms. The molecule has 398 valence electrons. The van der Waals surface area contributed by atoms with E-state index in [0.717, 1.165) is 109 Å². The molecule has 0 aliphatic carbocycles. The second-order valence-electron chi connectivity index (χ2n) is 18.1. The van der Waals surface area contributed by atoms with Crippen molar-refractivity contribution in [3.63, 3.8) is 0 Å². The lowest BCUT2D eigenvalue weighted by atomic mass is 10.0. The summed E-state index contributed by atoms with van der Waals surface area (Å²) in [5.74, 6) is -1.06. The Morgan fingerprint density at radius 2 is 0.577 bits per heavy atom.